The number of benzene rings is 1. The zero-order valence-corrected chi connectivity index (χ0v) is 22.0. The van der Waals surface area contributed by atoms with E-state index in [9.17, 15) is 35.9 Å². The number of rotatable bonds is 11. The molecule has 1 aromatic carbocycles. The molecule has 1 aliphatic heterocycles. The Morgan fingerprint density at radius 1 is 0.763 bits per heavy atom. The lowest BCUT2D eigenvalue weighted by molar-refractivity contribution is -0.143. The molecule has 0 unspecified atom stereocenters. The van der Waals surface area contributed by atoms with Crippen LogP contribution in [0.15, 0.2) is 18.2 Å². The topological polar surface area (TPSA) is 40.6 Å². The predicted octanol–water partition coefficient (Wildman–Crippen LogP) is 7.15. The van der Waals surface area contributed by atoms with E-state index in [4.69, 9.17) is 0 Å². The van der Waals surface area contributed by atoms with E-state index < -0.39 is 23.5 Å². The summed E-state index contributed by atoms with van der Waals surface area (Å²) in [6, 6.07) is 1.79. The standard InChI is InChI=1S/C28H38F6N2O2/c1-20(37)5-10-26(38)4-2-3-21-6-8-22(9-7-21)11-12-35-13-15-36(16-14-35)25-18-23(27(29,30)31)17-24(19-25)28(32,33)34/h17-19,21-22H,2-16H2,1H3. The van der Waals surface area contributed by atoms with Gasteiger partial charge in [0.15, 0.2) is 0 Å². The van der Waals surface area contributed by atoms with E-state index in [2.05, 4.69) is 4.90 Å². The summed E-state index contributed by atoms with van der Waals surface area (Å²) >= 11 is 0. The highest BCUT2D eigenvalue weighted by atomic mass is 19.4. The molecular weight excluding hydrogens is 510 g/mol. The van der Waals surface area contributed by atoms with Gasteiger partial charge in [0.2, 0.25) is 0 Å². The average Bonchev–Trinajstić information content (AvgIpc) is 2.86. The van der Waals surface area contributed by atoms with Crippen molar-refractivity contribution in [2.24, 2.45) is 11.8 Å². The van der Waals surface area contributed by atoms with Crippen LogP contribution < -0.4 is 4.90 Å². The monoisotopic (exact) mass is 548 g/mol. The van der Waals surface area contributed by atoms with Gasteiger partial charge in [0.1, 0.15) is 11.6 Å². The lowest BCUT2D eigenvalue weighted by Crippen LogP contribution is -2.47. The smallest absolute Gasteiger partial charge is 0.369 e. The van der Waals surface area contributed by atoms with E-state index in [1.807, 2.05) is 0 Å². The van der Waals surface area contributed by atoms with Crippen molar-refractivity contribution < 1.29 is 35.9 Å². The van der Waals surface area contributed by atoms with Gasteiger partial charge in [0.25, 0.3) is 0 Å². The third-order valence-electron chi connectivity index (χ3n) is 7.95. The van der Waals surface area contributed by atoms with Crippen molar-refractivity contribution in [3.63, 3.8) is 0 Å². The van der Waals surface area contributed by atoms with Gasteiger partial charge in [-0.1, -0.05) is 32.1 Å². The summed E-state index contributed by atoms with van der Waals surface area (Å²) < 4.78 is 79.2. The molecule has 0 amide bonds. The summed E-state index contributed by atoms with van der Waals surface area (Å²) in [5.41, 5.74) is -2.59. The maximum Gasteiger partial charge on any atom is 0.416 e. The van der Waals surface area contributed by atoms with Crippen molar-refractivity contribution in [3.8, 4) is 0 Å². The Bertz CT molecular complexity index is 898. The predicted molar refractivity (Wildman–Crippen MR) is 134 cm³/mol. The summed E-state index contributed by atoms with van der Waals surface area (Å²) in [7, 11) is 0. The van der Waals surface area contributed by atoms with Crippen LogP contribution in [0.1, 0.15) is 82.3 Å². The van der Waals surface area contributed by atoms with Crippen LogP contribution in [0.4, 0.5) is 32.0 Å². The first-order chi connectivity index (χ1) is 17.8. The number of alkyl halides is 6. The molecule has 1 heterocycles. The van der Waals surface area contributed by atoms with Gasteiger partial charge < -0.3 is 9.69 Å². The van der Waals surface area contributed by atoms with Crippen molar-refractivity contribution in [3.05, 3.63) is 29.3 Å². The number of carbonyl (C=O) groups excluding carboxylic acids is 2. The quantitative estimate of drug-likeness (QED) is 0.276. The molecular formula is C28H38F6N2O2. The molecule has 2 aliphatic rings. The zero-order valence-electron chi connectivity index (χ0n) is 22.0. The normalized spacial score (nSPS) is 21.5. The first-order valence-electron chi connectivity index (χ1n) is 13.6. The first-order valence-corrected chi connectivity index (χ1v) is 13.6. The maximum atomic E-state index is 13.2. The Morgan fingerprint density at radius 2 is 1.29 bits per heavy atom. The molecule has 1 saturated heterocycles. The maximum absolute atomic E-state index is 13.2. The van der Waals surface area contributed by atoms with Gasteiger partial charge in [0, 0.05) is 51.1 Å². The number of nitrogens with zero attached hydrogens (tertiary/aromatic N) is 2. The van der Waals surface area contributed by atoms with Crippen LogP contribution in [0.25, 0.3) is 0 Å². The molecule has 10 heteroatoms. The number of ketones is 2. The van der Waals surface area contributed by atoms with E-state index in [0.717, 1.165) is 63.6 Å². The van der Waals surface area contributed by atoms with E-state index in [-0.39, 0.29) is 23.3 Å². The Balaban J connectivity index is 1.38. The van der Waals surface area contributed by atoms with E-state index in [0.29, 0.717) is 57.3 Å². The van der Waals surface area contributed by atoms with Crippen molar-refractivity contribution in [2.45, 2.75) is 83.5 Å². The van der Waals surface area contributed by atoms with Crippen LogP contribution in [0.3, 0.4) is 0 Å². The van der Waals surface area contributed by atoms with E-state index in [1.165, 1.54) is 6.92 Å². The van der Waals surface area contributed by atoms with Crippen molar-refractivity contribution in [1.29, 1.82) is 0 Å². The van der Waals surface area contributed by atoms with E-state index >= 15 is 0 Å². The highest BCUT2D eigenvalue weighted by Gasteiger charge is 2.37. The van der Waals surface area contributed by atoms with E-state index in [1.54, 1.807) is 4.90 Å². The van der Waals surface area contributed by atoms with Crippen LogP contribution in [-0.4, -0.2) is 49.2 Å². The van der Waals surface area contributed by atoms with Gasteiger partial charge in [0.05, 0.1) is 11.1 Å². The minimum Gasteiger partial charge on any atom is -0.369 e. The minimum atomic E-state index is -4.84. The van der Waals surface area contributed by atoms with Gasteiger partial charge in [-0.25, -0.2) is 0 Å². The second kappa shape index (κ2) is 13.3. The second-order valence-electron chi connectivity index (χ2n) is 10.9. The first kappa shape index (κ1) is 30.4. The third-order valence-corrected chi connectivity index (χ3v) is 7.95. The Hall–Kier alpha value is -2.10. The molecule has 38 heavy (non-hydrogen) atoms. The van der Waals surface area contributed by atoms with Crippen LogP contribution in [0, 0.1) is 11.8 Å². The Kier molecular flexibility index (Phi) is 10.7. The van der Waals surface area contributed by atoms with Gasteiger partial charge >= 0.3 is 12.4 Å². The number of halogens is 6. The molecule has 1 aliphatic carbocycles. The largest absolute Gasteiger partial charge is 0.416 e. The molecule has 0 N–H and O–H groups in total. The lowest BCUT2D eigenvalue weighted by Gasteiger charge is -2.37. The molecule has 0 aromatic heterocycles. The lowest BCUT2D eigenvalue weighted by atomic mass is 9.78. The molecule has 4 nitrogen and oxygen atoms in total. The molecule has 2 fully saturated rings. The molecule has 0 spiro atoms. The van der Waals surface area contributed by atoms with Crippen molar-refractivity contribution in [1.82, 2.24) is 4.90 Å². The molecule has 0 radical (unpaired) electrons. The number of Topliss-reactive ketones (excluding diaryl/α,β-unsaturated/α-hetero) is 2. The van der Waals surface area contributed by atoms with Gasteiger partial charge in [-0.05, 0) is 56.3 Å². The number of piperazine rings is 1. The Morgan fingerprint density at radius 3 is 1.79 bits per heavy atom. The molecule has 1 saturated carbocycles. The minimum absolute atomic E-state index is 0.0364. The molecule has 1 aromatic rings. The highest BCUT2D eigenvalue weighted by Crippen LogP contribution is 2.39. The SMILES string of the molecule is CC(=O)CCC(=O)CCCC1CCC(CCN2CCN(c3cc(C(F)(F)F)cc(C(F)(F)F)c3)CC2)CC1. The summed E-state index contributed by atoms with van der Waals surface area (Å²) in [6.07, 6.45) is -0.883. The van der Waals surface area contributed by atoms with Crippen molar-refractivity contribution in [2.75, 3.05) is 37.6 Å². The third kappa shape index (κ3) is 9.58. The zero-order chi connectivity index (χ0) is 27.9. The number of hydrogen-bond donors (Lipinski definition) is 0. The fourth-order valence-corrected chi connectivity index (χ4v) is 5.55. The van der Waals surface area contributed by atoms with Gasteiger partial charge in [-0.3, -0.25) is 9.69 Å². The second-order valence-corrected chi connectivity index (χ2v) is 10.9. The molecule has 214 valence electrons. The number of anilines is 1. The van der Waals surface area contributed by atoms with Crippen molar-refractivity contribution >= 4 is 17.3 Å². The highest BCUT2D eigenvalue weighted by molar-refractivity contribution is 5.84. The Labute approximate surface area is 220 Å². The fraction of sp³-hybridized carbons (Fsp3) is 0.714. The van der Waals surface area contributed by atoms with Crippen LogP contribution in [0.2, 0.25) is 0 Å². The molecule has 0 bridgehead atoms. The van der Waals surface area contributed by atoms with Gasteiger partial charge in [-0.15, -0.1) is 0 Å². The molecule has 3 rings (SSSR count). The number of hydrogen-bond acceptors (Lipinski definition) is 4. The summed E-state index contributed by atoms with van der Waals surface area (Å²) in [4.78, 5) is 26.7. The van der Waals surface area contributed by atoms with Crippen LogP contribution >= 0.6 is 0 Å². The summed E-state index contributed by atoms with van der Waals surface area (Å²) in [5.74, 6) is 1.49. The summed E-state index contributed by atoms with van der Waals surface area (Å²) in [5, 5.41) is 0. The van der Waals surface area contributed by atoms with Crippen LogP contribution in [0.5, 0.6) is 0 Å². The summed E-state index contributed by atoms with van der Waals surface area (Å²) in [6.45, 7) is 4.36. The number of carbonyl (C=O) groups is 2. The average molecular weight is 549 g/mol. The van der Waals surface area contributed by atoms with Gasteiger partial charge in [-0.2, -0.15) is 26.3 Å². The van der Waals surface area contributed by atoms with Crippen LogP contribution in [-0.2, 0) is 21.9 Å². The molecule has 0 atom stereocenters. The fourth-order valence-electron chi connectivity index (χ4n) is 5.55.